The SMILES string of the molecule is Cc1cnc(C(C)C(C)(O)c2cnc(C(C)(C)C)c(C)c2)cc1C(C)(C)C. The monoisotopic (exact) mass is 368 g/mol. The van der Waals surface area contributed by atoms with Crippen molar-refractivity contribution in [2.45, 2.75) is 91.6 Å². The molecular weight excluding hydrogens is 332 g/mol. The smallest absolute Gasteiger partial charge is 0.0964 e. The van der Waals surface area contributed by atoms with E-state index >= 15 is 0 Å². The van der Waals surface area contributed by atoms with Crippen molar-refractivity contribution in [1.29, 1.82) is 0 Å². The van der Waals surface area contributed by atoms with Gasteiger partial charge in [0.05, 0.1) is 5.60 Å². The molecule has 2 atom stereocenters. The van der Waals surface area contributed by atoms with Crippen LogP contribution in [0.15, 0.2) is 24.5 Å². The van der Waals surface area contributed by atoms with Crippen LogP contribution in [0.4, 0.5) is 0 Å². The molecule has 2 rings (SSSR count). The van der Waals surface area contributed by atoms with E-state index < -0.39 is 5.60 Å². The van der Waals surface area contributed by atoms with Crippen molar-refractivity contribution in [3.05, 3.63) is 58.2 Å². The first-order chi connectivity index (χ1) is 12.2. The van der Waals surface area contributed by atoms with Gasteiger partial charge in [0.2, 0.25) is 0 Å². The van der Waals surface area contributed by atoms with Gasteiger partial charge in [-0.15, -0.1) is 0 Å². The molecule has 2 unspecified atom stereocenters. The molecule has 2 aromatic heterocycles. The number of aryl methyl sites for hydroxylation is 2. The Labute approximate surface area is 165 Å². The minimum atomic E-state index is -1.05. The molecule has 0 saturated carbocycles. The van der Waals surface area contributed by atoms with E-state index in [1.165, 1.54) is 11.1 Å². The Morgan fingerprint density at radius 2 is 1.41 bits per heavy atom. The number of hydrogen-bond acceptors (Lipinski definition) is 3. The molecule has 2 heterocycles. The summed E-state index contributed by atoms with van der Waals surface area (Å²) in [6, 6.07) is 4.22. The van der Waals surface area contributed by atoms with E-state index in [4.69, 9.17) is 0 Å². The first-order valence-corrected chi connectivity index (χ1v) is 9.82. The Morgan fingerprint density at radius 1 is 0.815 bits per heavy atom. The minimum absolute atomic E-state index is 0.0137. The number of hydrogen-bond donors (Lipinski definition) is 1. The van der Waals surface area contributed by atoms with Crippen LogP contribution in [-0.2, 0) is 16.4 Å². The quantitative estimate of drug-likeness (QED) is 0.756. The number of rotatable bonds is 3. The summed E-state index contributed by atoms with van der Waals surface area (Å²) < 4.78 is 0. The van der Waals surface area contributed by atoms with E-state index in [1.54, 1.807) is 0 Å². The summed E-state index contributed by atoms with van der Waals surface area (Å²) in [5, 5.41) is 11.4. The fourth-order valence-corrected chi connectivity index (χ4v) is 3.76. The highest BCUT2D eigenvalue weighted by atomic mass is 16.3. The van der Waals surface area contributed by atoms with Crippen molar-refractivity contribution < 1.29 is 5.11 Å². The fraction of sp³-hybridized carbons (Fsp3) is 0.583. The van der Waals surface area contributed by atoms with E-state index in [0.717, 1.165) is 22.5 Å². The highest BCUT2D eigenvalue weighted by molar-refractivity contribution is 5.36. The summed E-state index contributed by atoms with van der Waals surface area (Å²) in [4.78, 5) is 9.33. The van der Waals surface area contributed by atoms with Crippen LogP contribution in [0.2, 0.25) is 0 Å². The molecule has 0 amide bonds. The summed E-state index contributed by atoms with van der Waals surface area (Å²) in [6.45, 7) is 21.2. The zero-order valence-electron chi connectivity index (χ0n) is 18.7. The van der Waals surface area contributed by atoms with Gasteiger partial charge in [0.15, 0.2) is 0 Å². The second-order valence-electron chi connectivity index (χ2n) is 10.2. The van der Waals surface area contributed by atoms with Crippen molar-refractivity contribution >= 4 is 0 Å². The van der Waals surface area contributed by atoms with Gasteiger partial charge >= 0.3 is 0 Å². The van der Waals surface area contributed by atoms with Crippen molar-refractivity contribution in [2.75, 3.05) is 0 Å². The lowest BCUT2D eigenvalue weighted by atomic mass is 9.78. The predicted molar refractivity (Wildman–Crippen MR) is 113 cm³/mol. The Hall–Kier alpha value is -1.74. The van der Waals surface area contributed by atoms with Crippen molar-refractivity contribution in [3.8, 4) is 0 Å². The van der Waals surface area contributed by atoms with Gasteiger partial charge in [0.25, 0.3) is 0 Å². The van der Waals surface area contributed by atoms with Crippen LogP contribution in [0, 0.1) is 13.8 Å². The van der Waals surface area contributed by atoms with E-state index in [-0.39, 0.29) is 16.7 Å². The number of aliphatic hydroxyl groups is 1. The molecule has 0 saturated heterocycles. The van der Waals surface area contributed by atoms with Crippen LogP contribution in [-0.4, -0.2) is 15.1 Å². The maximum Gasteiger partial charge on any atom is 0.0964 e. The van der Waals surface area contributed by atoms with E-state index in [2.05, 4.69) is 77.5 Å². The van der Waals surface area contributed by atoms with E-state index in [1.807, 2.05) is 26.2 Å². The fourth-order valence-electron chi connectivity index (χ4n) is 3.76. The van der Waals surface area contributed by atoms with E-state index in [0.29, 0.717) is 0 Å². The zero-order chi connectivity index (χ0) is 20.8. The topological polar surface area (TPSA) is 46.0 Å². The summed E-state index contributed by atoms with van der Waals surface area (Å²) in [6.07, 6.45) is 3.75. The molecule has 0 bridgehead atoms. The lowest BCUT2D eigenvalue weighted by Gasteiger charge is -2.32. The number of aromatic nitrogens is 2. The highest BCUT2D eigenvalue weighted by Crippen LogP contribution is 2.38. The van der Waals surface area contributed by atoms with Crippen molar-refractivity contribution in [2.24, 2.45) is 0 Å². The van der Waals surface area contributed by atoms with E-state index in [9.17, 15) is 5.11 Å². The van der Waals surface area contributed by atoms with Crippen molar-refractivity contribution in [3.63, 3.8) is 0 Å². The summed E-state index contributed by atoms with van der Waals surface area (Å²) in [5.41, 5.74) is 5.36. The lowest BCUT2D eigenvalue weighted by molar-refractivity contribution is 0.0305. The number of nitrogens with zero attached hydrogens (tertiary/aromatic N) is 2. The van der Waals surface area contributed by atoms with Crippen LogP contribution >= 0.6 is 0 Å². The van der Waals surface area contributed by atoms with Crippen LogP contribution in [0.1, 0.15) is 94.9 Å². The average molecular weight is 369 g/mol. The van der Waals surface area contributed by atoms with Crippen LogP contribution in [0.25, 0.3) is 0 Å². The zero-order valence-corrected chi connectivity index (χ0v) is 18.7. The molecule has 3 heteroatoms. The molecule has 0 radical (unpaired) electrons. The third-order valence-corrected chi connectivity index (χ3v) is 5.59. The molecule has 0 aliphatic carbocycles. The molecule has 2 aromatic rings. The molecule has 0 spiro atoms. The highest BCUT2D eigenvalue weighted by Gasteiger charge is 2.34. The van der Waals surface area contributed by atoms with Gasteiger partial charge in [-0.2, -0.15) is 0 Å². The molecule has 0 aliphatic heterocycles. The molecule has 0 aromatic carbocycles. The summed E-state index contributed by atoms with van der Waals surface area (Å²) >= 11 is 0. The standard InChI is InChI=1S/C24H36N2O/c1-15-11-18(14-26-21(15)23(7,8)9)24(10,27)17(3)20-12-19(22(4,5)6)16(2)13-25-20/h11-14,17,27H,1-10H3. The van der Waals surface area contributed by atoms with Crippen LogP contribution in [0.3, 0.4) is 0 Å². The largest absolute Gasteiger partial charge is 0.385 e. The van der Waals surface area contributed by atoms with Crippen LogP contribution < -0.4 is 0 Å². The lowest BCUT2D eigenvalue weighted by Crippen LogP contribution is -2.30. The van der Waals surface area contributed by atoms with Gasteiger partial charge in [0.1, 0.15) is 0 Å². The molecular formula is C24H36N2O. The maximum absolute atomic E-state index is 11.4. The molecule has 0 fully saturated rings. The second kappa shape index (κ2) is 7.01. The van der Waals surface area contributed by atoms with Gasteiger partial charge in [-0.05, 0) is 55.0 Å². The molecule has 0 aliphatic rings. The summed E-state index contributed by atoms with van der Waals surface area (Å²) in [7, 11) is 0. The third kappa shape index (κ3) is 4.40. The van der Waals surface area contributed by atoms with Gasteiger partial charge < -0.3 is 5.11 Å². The number of pyridine rings is 2. The van der Waals surface area contributed by atoms with Crippen LogP contribution in [0.5, 0.6) is 0 Å². The molecule has 148 valence electrons. The Bertz CT molecular complexity index is 823. The van der Waals surface area contributed by atoms with Gasteiger partial charge in [0, 0.05) is 40.7 Å². The normalized spacial score (nSPS) is 16.1. The molecule has 27 heavy (non-hydrogen) atoms. The maximum atomic E-state index is 11.4. The molecule has 3 nitrogen and oxygen atoms in total. The third-order valence-electron chi connectivity index (χ3n) is 5.59. The summed E-state index contributed by atoms with van der Waals surface area (Å²) in [5.74, 6) is -0.152. The molecule has 1 N–H and O–H groups in total. The van der Waals surface area contributed by atoms with Crippen molar-refractivity contribution in [1.82, 2.24) is 9.97 Å². The average Bonchev–Trinajstić information content (AvgIpc) is 2.52. The Morgan fingerprint density at radius 3 is 1.89 bits per heavy atom. The predicted octanol–water partition coefficient (Wildman–Crippen LogP) is 5.70. The Kier molecular flexibility index (Phi) is 5.60. The first-order valence-electron chi connectivity index (χ1n) is 9.82. The van der Waals surface area contributed by atoms with Gasteiger partial charge in [-0.3, -0.25) is 9.97 Å². The Balaban J connectivity index is 2.46. The van der Waals surface area contributed by atoms with Gasteiger partial charge in [-0.25, -0.2) is 0 Å². The second-order valence-corrected chi connectivity index (χ2v) is 10.2. The minimum Gasteiger partial charge on any atom is -0.385 e. The van der Waals surface area contributed by atoms with Gasteiger partial charge in [-0.1, -0.05) is 48.5 Å². The first kappa shape index (κ1) is 21.6.